The predicted octanol–water partition coefficient (Wildman–Crippen LogP) is 3.33. The summed E-state index contributed by atoms with van der Waals surface area (Å²) in [5.74, 6) is 2.49. The van der Waals surface area contributed by atoms with E-state index in [4.69, 9.17) is 0 Å². The summed E-state index contributed by atoms with van der Waals surface area (Å²) in [6.45, 7) is 5.01. The van der Waals surface area contributed by atoms with Crippen molar-refractivity contribution in [3.63, 3.8) is 0 Å². The van der Waals surface area contributed by atoms with Gasteiger partial charge in [-0.15, -0.1) is 0 Å². The van der Waals surface area contributed by atoms with Gasteiger partial charge in [-0.2, -0.15) is 0 Å². The van der Waals surface area contributed by atoms with Crippen LogP contribution in [0, 0.1) is 0 Å². The number of benzene rings is 1. The van der Waals surface area contributed by atoms with Gasteiger partial charge in [0.2, 0.25) is 0 Å². The zero-order valence-electron chi connectivity index (χ0n) is 14.3. The Bertz CT molecular complexity index is 583. The van der Waals surface area contributed by atoms with Crippen molar-refractivity contribution in [3.8, 4) is 11.4 Å². The minimum Gasteiger partial charge on any atom is -0.370 e. The molecule has 1 aromatic carbocycles. The molecule has 1 heterocycles. The Hall–Kier alpha value is -2.14. The van der Waals surface area contributed by atoms with Crippen LogP contribution in [-0.2, 0) is 0 Å². The van der Waals surface area contributed by atoms with Crippen molar-refractivity contribution in [1.29, 1.82) is 0 Å². The molecule has 0 unspecified atom stereocenters. The Kier molecular flexibility index (Phi) is 6.81. The number of hydrogen-bond acceptors (Lipinski definition) is 5. The largest absolute Gasteiger partial charge is 0.370 e. The monoisotopic (exact) mass is 313 g/mol. The fraction of sp³-hybridized carbons (Fsp3) is 0.444. The molecule has 1 aromatic heterocycles. The van der Waals surface area contributed by atoms with Crippen LogP contribution in [0.3, 0.4) is 0 Å². The van der Waals surface area contributed by atoms with Crippen LogP contribution in [0.1, 0.15) is 19.8 Å². The van der Waals surface area contributed by atoms with Crippen molar-refractivity contribution in [1.82, 2.24) is 14.9 Å². The highest BCUT2D eigenvalue weighted by atomic mass is 15.1. The summed E-state index contributed by atoms with van der Waals surface area (Å²) in [6, 6.07) is 12.1. The van der Waals surface area contributed by atoms with Gasteiger partial charge in [0.1, 0.15) is 11.6 Å². The number of nitrogens with one attached hydrogen (secondary N) is 2. The lowest BCUT2D eigenvalue weighted by atomic mass is 10.2. The van der Waals surface area contributed by atoms with Crippen LogP contribution in [0.4, 0.5) is 11.6 Å². The Morgan fingerprint density at radius 3 is 2.22 bits per heavy atom. The molecular formula is C18H27N5. The molecule has 0 atom stereocenters. The maximum atomic E-state index is 4.65. The SMILES string of the molecule is CCCNc1cc(NCCCN(C)C)nc(-c2ccccc2)n1. The van der Waals surface area contributed by atoms with Gasteiger partial charge in [0.25, 0.3) is 0 Å². The summed E-state index contributed by atoms with van der Waals surface area (Å²) in [5.41, 5.74) is 1.03. The van der Waals surface area contributed by atoms with E-state index in [-0.39, 0.29) is 0 Å². The van der Waals surface area contributed by atoms with E-state index in [0.29, 0.717) is 0 Å². The smallest absolute Gasteiger partial charge is 0.163 e. The van der Waals surface area contributed by atoms with Crippen molar-refractivity contribution >= 4 is 11.6 Å². The van der Waals surface area contributed by atoms with Crippen LogP contribution >= 0.6 is 0 Å². The number of rotatable bonds is 9. The molecule has 0 bridgehead atoms. The van der Waals surface area contributed by atoms with Crippen LogP contribution in [0.2, 0.25) is 0 Å². The average molecular weight is 313 g/mol. The topological polar surface area (TPSA) is 53.1 Å². The lowest BCUT2D eigenvalue weighted by Crippen LogP contribution is -2.17. The molecule has 0 saturated heterocycles. The normalized spacial score (nSPS) is 10.8. The molecule has 0 saturated carbocycles. The second-order valence-corrected chi connectivity index (χ2v) is 5.84. The Labute approximate surface area is 139 Å². The number of hydrogen-bond donors (Lipinski definition) is 2. The quantitative estimate of drug-likeness (QED) is 0.696. The van der Waals surface area contributed by atoms with Crippen LogP contribution in [-0.4, -0.2) is 48.6 Å². The van der Waals surface area contributed by atoms with Crippen LogP contribution in [0.5, 0.6) is 0 Å². The molecule has 0 amide bonds. The summed E-state index contributed by atoms with van der Waals surface area (Å²) in [4.78, 5) is 11.5. The second kappa shape index (κ2) is 9.10. The molecule has 2 N–H and O–H groups in total. The maximum absolute atomic E-state index is 4.65. The summed E-state index contributed by atoms with van der Waals surface area (Å²) in [6.07, 6.45) is 2.14. The summed E-state index contributed by atoms with van der Waals surface area (Å²) in [7, 11) is 4.18. The number of anilines is 2. The number of aromatic nitrogens is 2. The van der Waals surface area contributed by atoms with Gasteiger partial charge in [0, 0.05) is 24.7 Å². The fourth-order valence-corrected chi connectivity index (χ4v) is 2.21. The van der Waals surface area contributed by atoms with Crippen LogP contribution in [0.15, 0.2) is 36.4 Å². The maximum Gasteiger partial charge on any atom is 0.163 e. The van der Waals surface area contributed by atoms with Crippen molar-refractivity contribution in [2.75, 3.05) is 44.4 Å². The first-order valence-corrected chi connectivity index (χ1v) is 8.26. The standard InChI is InChI=1S/C18H27N5/c1-4-11-19-16-14-17(20-12-8-13-23(2)3)22-18(21-16)15-9-6-5-7-10-15/h5-7,9-10,14H,4,8,11-13H2,1-3H3,(H2,19,20,21,22). The molecule has 2 aromatic rings. The third-order valence-electron chi connectivity index (χ3n) is 3.40. The van der Waals surface area contributed by atoms with E-state index in [1.54, 1.807) is 0 Å². The van der Waals surface area contributed by atoms with Gasteiger partial charge in [-0.25, -0.2) is 9.97 Å². The van der Waals surface area contributed by atoms with Crippen molar-refractivity contribution in [3.05, 3.63) is 36.4 Å². The molecule has 0 spiro atoms. The highest BCUT2D eigenvalue weighted by Gasteiger charge is 2.06. The minimum atomic E-state index is 0.752. The molecule has 23 heavy (non-hydrogen) atoms. The van der Waals surface area contributed by atoms with Crippen LogP contribution < -0.4 is 10.6 Å². The molecule has 0 aliphatic carbocycles. The zero-order chi connectivity index (χ0) is 16.5. The molecule has 5 heteroatoms. The molecule has 0 radical (unpaired) electrons. The first kappa shape index (κ1) is 17.2. The molecule has 5 nitrogen and oxygen atoms in total. The van der Waals surface area contributed by atoms with Gasteiger partial charge in [-0.05, 0) is 33.5 Å². The van der Waals surface area contributed by atoms with Gasteiger partial charge >= 0.3 is 0 Å². The minimum absolute atomic E-state index is 0.752. The average Bonchev–Trinajstić information content (AvgIpc) is 2.57. The molecule has 124 valence electrons. The van der Waals surface area contributed by atoms with Gasteiger partial charge in [0.15, 0.2) is 5.82 Å². The first-order chi connectivity index (χ1) is 11.2. The Morgan fingerprint density at radius 2 is 1.61 bits per heavy atom. The van der Waals surface area contributed by atoms with Gasteiger partial charge in [0.05, 0.1) is 0 Å². The van der Waals surface area contributed by atoms with E-state index < -0.39 is 0 Å². The van der Waals surface area contributed by atoms with Crippen LogP contribution in [0.25, 0.3) is 11.4 Å². The van der Waals surface area contributed by atoms with Gasteiger partial charge in [-0.1, -0.05) is 37.3 Å². The van der Waals surface area contributed by atoms with E-state index in [2.05, 4.69) is 46.5 Å². The van der Waals surface area contributed by atoms with E-state index in [1.807, 2.05) is 36.4 Å². The van der Waals surface area contributed by atoms with Crippen molar-refractivity contribution in [2.24, 2.45) is 0 Å². The van der Waals surface area contributed by atoms with Gasteiger partial charge in [-0.3, -0.25) is 0 Å². The highest BCUT2D eigenvalue weighted by molar-refractivity contribution is 5.61. The summed E-state index contributed by atoms with van der Waals surface area (Å²) in [5, 5.41) is 6.76. The first-order valence-electron chi connectivity index (χ1n) is 8.26. The molecule has 0 aliphatic heterocycles. The fourth-order valence-electron chi connectivity index (χ4n) is 2.21. The summed E-state index contributed by atoms with van der Waals surface area (Å²) < 4.78 is 0. The lowest BCUT2D eigenvalue weighted by molar-refractivity contribution is 0.405. The third kappa shape index (κ3) is 5.87. The van der Waals surface area contributed by atoms with Crippen molar-refractivity contribution in [2.45, 2.75) is 19.8 Å². The zero-order valence-corrected chi connectivity index (χ0v) is 14.3. The van der Waals surface area contributed by atoms with Gasteiger partial charge < -0.3 is 15.5 Å². The van der Waals surface area contributed by atoms with E-state index >= 15 is 0 Å². The number of nitrogens with zero attached hydrogens (tertiary/aromatic N) is 3. The van der Waals surface area contributed by atoms with Crippen molar-refractivity contribution < 1.29 is 0 Å². The Balaban J connectivity index is 2.13. The van der Waals surface area contributed by atoms with E-state index in [0.717, 1.165) is 55.5 Å². The Morgan fingerprint density at radius 1 is 0.957 bits per heavy atom. The molecule has 0 fully saturated rings. The molecular weight excluding hydrogens is 286 g/mol. The van der Waals surface area contributed by atoms with E-state index in [1.165, 1.54) is 0 Å². The molecule has 0 aliphatic rings. The highest BCUT2D eigenvalue weighted by Crippen LogP contribution is 2.20. The van der Waals surface area contributed by atoms with E-state index in [9.17, 15) is 0 Å². The second-order valence-electron chi connectivity index (χ2n) is 5.84. The predicted molar refractivity (Wildman–Crippen MR) is 97.9 cm³/mol. The molecule has 2 rings (SSSR count). The lowest BCUT2D eigenvalue weighted by Gasteiger charge is -2.12. The summed E-state index contributed by atoms with van der Waals surface area (Å²) >= 11 is 0. The third-order valence-corrected chi connectivity index (χ3v) is 3.40.